The lowest BCUT2D eigenvalue weighted by Gasteiger charge is -2.30. The molecule has 5 heteroatoms. The Bertz CT molecular complexity index is 2580. The number of nitrogens with zero attached hydrogens (tertiary/aromatic N) is 1. The molecular weight excluding hydrogens is 676 g/mol. The van der Waals surface area contributed by atoms with Crippen LogP contribution in [0.2, 0.25) is 0 Å². The summed E-state index contributed by atoms with van der Waals surface area (Å²) in [6.07, 6.45) is 6.45. The van der Waals surface area contributed by atoms with Crippen molar-refractivity contribution in [1.82, 2.24) is 15.0 Å². The summed E-state index contributed by atoms with van der Waals surface area (Å²) >= 11 is 4.15. The number of nitrogens with one attached hydrogen (secondary N) is 3. The maximum atomic E-state index is 5.39. The van der Waals surface area contributed by atoms with Gasteiger partial charge in [-0.2, -0.15) is 0 Å². The summed E-state index contributed by atoms with van der Waals surface area (Å²) in [7, 11) is 0. The predicted octanol–water partition coefficient (Wildman–Crippen LogP) is 9.02. The molecule has 0 radical (unpaired) electrons. The minimum absolute atomic E-state index is 0.534. The normalized spacial score (nSPS) is 20.6. The van der Waals surface area contributed by atoms with Crippen molar-refractivity contribution in [3.8, 4) is 0 Å². The molecule has 0 saturated carbocycles. The third-order valence-electron chi connectivity index (χ3n) is 10.0. The van der Waals surface area contributed by atoms with Gasteiger partial charge in [-0.3, -0.25) is 0 Å². The lowest BCUT2D eigenvalue weighted by Crippen LogP contribution is -2.26. The zero-order valence-electron chi connectivity index (χ0n) is 27.4. The number of allylic oxidation sites excluding steroid dienone is 2. The molecule has 4 aromatic carbocycles. The summed E-state index contributed by atoms with van der Waals surface area (Å²) in [5.41, 5.74) is 13.2. The third-order valence-corrected chi connectivity index (χ3v) is 10.8. The van der Waals surface area contributed by atoms with E-state index >= 15 is 0 Å². The first-order chi connectivity index (χ1) is 24.6. The van der Waals surface area contributed by atoms with Crippen molar-refractivity contribution in [2.24, 2.45) is 4.99 Å². The highest BCUT2D eigenvalue weighted by Gasteiger charge is 2.37. The fraction of sp³-hybridized carbons (Fsp3) is 0.0444. The smallest absolute Gasteiger partial charge is 0.0737 e. The predicted molar refractivity (Wildman–Crippen MR) is 207 cm³/mol. The third kappa shape index (κ3) is 4.93. The van der Waals surface area contributed by atoms with Crippen LogP contribution in [0.1, 0.15) is 51.8 Å². The molecule has 0 fully saturated rings. The first-order valence-electron chi connectivity index (χ1n) is 16.8. The van der Waals surface area contributed by atoms with Gasteiger partial charge in [0.1, 0.15) is 0 Å². The summed E-state index contributed by atoms with van der Waals surface area (Å²) in [6, 6.07) is 51.2. The van der Waals surface area contributed by atoms with Crippen molar-refractivity contribution >= 4 is 38.4 Å². The van der Waals surface area contributed by atoms with Crippen LogP contribution < -0.4 is 10.7 Å². The van der Waals surface area contributed by atoms with Gasteiger partial charge in [0.15, 0.2) is 0 Å². The molecule has 3 N–H and O–H groups in total. The minimum Gasteiger partial charge on any atom is -0.360 e. The Morgan fingerprint density at radius 3 is 1.76 bits per heavy atom. The molecule has 50 heavy (non-hydrogen) atoms. The Labute approximate surface area is 299 Å². The van der Waals surface area contributed by atoms with Crippen molar-refractivity contribution in [1.29, 1.82) is 0 Å². The van der Waals surface area contributed by atoms with Crippen molar-refractivity contribution < 1.29 is 0 Å². The second-order valence-electron chi connectivity index (χ2n) is 12.9. The minimum atomic E-state index is -0.534. The van der Waals surface area contributed by atoms with E-state index in [0.29, 0.717) is 0 Å². The second-order valence-corrected chi connectivity index (χ2v) is 13.7. The fourth-order valence-electron chi connectivity index (χ4n) is 7.47. The molecule has 240 valence electrons. The van der Waals surface area contributed by atoms with Crippen LogP contribution in [0.5, 0.6) is 0 Å². The van der Waals surface area contributed by atoms with Gasteiger partial charge >= 0.3 is 0 Å². The van der Waals surface area contributed by atoms with E-state index < -0.39 is 5.41 Å². The first-order valence-corrected chi connectivity index (χ1v) is 17.6. The number of aromatic nitrogens is 3. The van der Waals surface area contributed by atoms with Crippen molar-refractivity contribution in [2.45, 2.75) is 12.3 Å². The number of hydrogen-bond acceptors (Lipinski definition) is 1. The zero-order valence-corrected chi connectivity index (χ0v) is 29.0. The van der Waals surface area contributed by atoms with Crippen molar-refractivity contribution in [2.75, 3.05) is 0 Å². The van der Waals surface area contributed by atoms with E-state index in [1.807, 2.05) is 0 Å². The second kappa shape index (κ2) is 12.2. The van der Waals surface area contributed by atoms with E-state index in [1.54, 1.807) is 0 Å². The number of benzene rings is 4. The van der Waals surface area contributed by atoms with Gasteiger partial charge in [-0.05, 0) is 81.5 Å². The van der Waals surface area contributed by atoms with Gasteiger partial charge in [-0.25, -0.2) is 4.99 Å². The van der Waals surface area contributed by atoms with Crippen LogP contribution in [0.15, 0.2) is 179 Å². The molecule has 7 aromatic rings. The van der Waals surface area contributed by atoms with E-state index in [-0.39, 0.29) is 0 Å². The number of aromatic amines is 3. The van der Waals surface area contributed by atoms with E-state index in [4.69, 9.17) is 4.99 Å². The molecule has 0 saturated heterocycles. The van der Waals surface area contributed by atoms with E-state index in [9.17, 15) is 0 Å². The Kier molecular flexibility index (Phi) is 7.36. The number of hydrogen-bond donors (Lipinski definition) is 3. The lowest BCUT2D eigenvalue weighted by molar-refractivity contribution is 0.668. The molecule has 5 heterocycles. The van der Waals surface area contributed by atoms with Gasteiger partial charge in [0.2, 0.25) is 0 Å². The molecule has 8 bridgehead atoms. The fourth-order valence-corrected chi connectivity index (χ4v) is 8.29. The largest absolute Gasteiger partial charge is 0.360 e. The molecule has 0 spiro atoms. The van der Waals surface area contributed by atoms with Gasteiger partial charge in [-0.1, -0.05) is 121 Å². The molecule has 3 aromatic heterocycles. The SMILES string of the molecule is C[C@]1(c2ccccc2)c2ccc([nH]2)/C(c2ccccc2)=C2/C=CC(=N2)/C(c2ccccc2)=c2/cc/c([nH]2)=C(\c2ccccc2)c2[nH]cc1c2Br. The van der Waals surface area contributed by atoms with Gasteiger partial charge in [-0.15, -0.1) is 0 Å². The molecule has 0 unspecified atom stereocenters. The summed E-state index contributed by atoms with van der Waals surface area (Å²) in [5.74, 6) is 0. The highest BCUT2D eigenvalue weighted by Crippen LogP contribution is 2.45. The number of aliphatic imine (C=N–C) groups is 1. The van der Waals surface area contributed by atoms with Crippen LogP contribution in [-0.2, 0) is 5.41 Å². The highest BCUT2D eigenvalue weighted by molar-refractivity contribution is 9.10. The summed E-state index contributed by atoms with van der Waals surface area (Å²) in [6.45, 7) is 2.30. The average Bonchev–Trinajstić information content (AvgIpc) is 4.00. The zero-order chi connectivity index (χ0) is 33.7. The Balaban J connectivity index is 1.44. The Morgan fingerprint density at radius 2 is 1.12 bits per heavy atom. The van der Waals surface area contributed by atoms with E-state index in [1.165, 1.54) is 5.56 Å². The van der Waals surface area contributed by atoms with Crippen LogP contribution >= 0.6 is 15.9 Å². The van der Waals surface area contributed by atoms with Crippen LogP contribution in [-0.4, -0.2) is 20.7 Å². The topological polar surface area (TPSA) is 59.7 Å². The number of rotatable bonds is 4. The summed E-state index contributed by atoms with van der Waals surface area (Å²) in [5, 5.41) is 2.00. The van der Waals surface area contributed by atoms with Gasteiger partial charge in [0, 0.05) is 55.0 Å². The number of H-pyrrole nitrogens is 3. The van der Waals surface area contributed by atoms with Crippen LogP contribution in [0.3, 0.4) is 0 Å². The van der Waals surface area contributed by atoms with Crippen molar-refractivity contribution in [3.05, 3.63) is 230 Å². The van der Waals surface area contributed by atoms with Crippen LogP contribution in [0, 0.1) is 0 Å². The molecular formula is C45H33BrN4. The van der Waals surface area contributed by atoms with Gasteiger partial charge in [0.05, 0.1) is 22.5 Å². The molecule has 0 aliphatic carbocycles. The van der Waals surface area contributed by atoms with Crippen LogP contribution in [0.25, 0.3) is 16.7 Å². The Morgan fingerprint density at radius 1 is 0.560 bits per heavy atom. The molecule has 0 amide bonds. The maximum Gasteiger partial charge on any atom is 0.0737 e. The molecule has 1 atom stereocenters. The van der Waals surface area contributed by atoms with E-state index in [2.05, 4.69) is 202 Å². The molecule has 2 aliphatic heterocycles. The summed E-state index contributed by atoms with van der Waals surface area (Å²) < 4.78 is 1.02. The molecule has 9 rings (SSSR count). The van der Waals surface area contributed by atoms with E-state index in [0.717, 1.165) is 82.6 Å². The highest BCUT2D eigenvalue weighted by atomic mass is 79.9. The standard InChI is InChI=1S/C45H33BrN4/c1-45(32-20-12-5-13-21-32)33-28-47-44(43(33)46)42(31-18-10-4-11-19-31)38-25-24-35(49-38)40(29-14-6-2-7-15-29)34-22-23-36(48-34)41(30-16-8-3-9-17-30)37-26-27-39(45)50-37/h2-28,47,49-50H,1H3/b40-35-,41-36-,42-38-/t45-/m1/s1. The average molecular weight is 710 g/mol. The van der Waals surface area contributed by atoms with Gasteiger partial charge < -0.3 is 15.0 Å². The number of halogens is 1. The molecule has 4 nitrogen and oxygen atoms in total. The maximum absolute atomic E-state index is 5.39. The molecule has 2 aliphatic rings. The first kappa shape index (κ1) is 30.2. The van der Waals surface area contributed by atoms with Crippen molar-refractivity contribution in [3.63, 3.8) is 0 Å². The number of fused-ring (bicyclic) bond motifs is 7. The van der Waals surface area contributed by atoms with Crippen LogP contribution in [0.4, 0.5) is 0 Å². The summed E-state index contributed by atoms with van der Waals surface area (Å²) in [4.78, 5) is 16.9. The quantitative estimate of drug-likeness (QED) is 0.164. The lowest BCUT2D eigenvalue weighted by atomic mass is 9.74. The Hall–Kier alpha value is -5.91. The van der Waals surface area contributed by atoms with Gasteiger partial charge in [0.25, 0.3) is 0 Å². The monoisotopic (exact) mass is 708 g/mol.